The van der Waals surface area contributed by atoms with Crippen molar-refractivity contribution in [1.82, 2.24) is 9.36 Å². The minimum absolute atomic E-state index is 0. The van der Waals surface area contributed by atoms with E-state index in [2.05, 4.69) is 34.2 Å². The van der Waals surface area contributed by atoms with Crippen molar-refractivity contribution in [2.45, 2.75) is 4.34 Å². The molecular formula is C2HK2N2S3+. The minimum atomic E-state index is 0. The van der Waals surface area contributed by atoms with Crippen molar-refractivity contribution in [1.29, 1.82) is 0 Å². The van der Waals surface area contributed by atoms with Crippen LogP contribution in [0.4, 0.5) is 0 Å². The van der Waals surface area contributed by atoms with Crippen molar-refractivity contribution < 1.29 is 103 Å². The normalized spacial score (nSPS) is 7.11. The predicted octanol–water partition coefficient (Wildman–Crippen LogP) is -4.89. The molecule has 9 heavy (non-hydrogen) atoms. The van der Waals surface area contributed by atoms with E-state index in [0.717, 1.165) is 0 Å². The van der Waals surface area contributed by atoms with Crippen molar-refractivity contribution in [2.75, 3.05) is 0 Å². The zero-order chi connectivity index (χ0) is 5.28. The van der Waals surface area contributed by atoms with Gasteiger partial charge in [-0.05, 0) is 16.6 Å². The molecule has 0 unspecified atom stereocenters. The van der Waals surface area contributed by atoms with Gasteiger partial charge in [-0.3, -0.25) is 11.5 Å². The molecule has 1 aromatic rings. The molecule has 1 rings (SSSR count). The zero-order valence-corrected chi connectivity index (χ0v) is 13.9. The third kappa shape index (κ3) is 6.44. The van der Waals surface area contributed by atoms with Crippen molar-refractivity contribution in [2.24, 2.45) is 0 Å². The molecule has 1 aromatic heterocycles. The Labute approximate surface area is 153 Å². The van der Waals surface area contributed by atoms with Crippen LogP contribution in [0.5, 0.6) is 0 Å². The van der Waals surface area contributed by atoms with Crippen LogP contribution in [-0.2, 0) is 12.6 Å². The summed E-state index contributed by atoms with van der Waals surface area (Å²) in [7, 11) is 0. The minimum Gasteiger partial charge on any atom is -0.407 e. The van der Waals surface area contributed by atoms with Gasteiger partial charge in [0.15, 0.2) is 4.77 Å². The first kappa shape index (κ1) is 14.8. The molecule has 0 fully saturated rings. The quantitative estimate of drug-likeness (QED) is 0.274. The average molecular weight is 227 g/mol. The van der Waals surface area contributed by atoms with Gasteiger partial charge in [0.05, 0.1) is 0 Å². The van der Waals surface area contributed by atoms with Crippen LogP contribution in [0, 0.1) is 4.77 Å². The molecule has 1 heterocycles. The first-order valence-electron chi connectivity index (χ1n) is 1.51. The van der Waals surface area contributed by atoms with Gasteiger partial charge in [0.2, 0.25) is 0 Å². The molecule has 0 aromatic carbocycles. The van der Waals surface area contributed by atoms with Gasteiger partial charge in [-0.25, -0.2) is 4.98 Å². The second-order valence-electron chi connectivity index (χ2n) is 0.887. The number of nitrogens with one attached hydrogen (secondary N) is 1. The van der Waals surface area contributed by atoms with Crippen LogP contribution in [0.15, 0.2) is 4.34 Å². The number of H-pyrrole nitrogens is 1. The van der Waals surface area contributed by atoms with Crippen LogP contribution >= 0.6 is 23.8 Å². The largest absolute Gasteiger partial charge is 1.00 e. The fourth-order valence-corrected chi connectivity index (χ4v) is 1.12. The molecule has 0 aliphatic heterocycles. The van der Waals surface area contributed by atoms with Crippen molar-refractivity contribution in [3.63, 3.8) is 0 Å². The Morgan fingerprint density at radius 3 is 2.22 bits per heavy atom. The number of aromatic amines is 1. The molecule has 1 N–H and O–H groups in total. The summed E-state index contributed by atoms with van der Waals surface area (Å²) < 4.78 is 3.77. The van der Waals surface area contributed by atoms with Gasteiger partial charge in [0.1, 0.15) is 0 Å². The molecule has 0 aliphatic carbocycles. The summed E-state index contributed by atoms with van der Waals surface area (Å²) in [6.07, 6.45) is 0. The Balaban J connectivity index is 0. The Morgan fingerprint density at radius 2 is 2.11 bits per heavy atom. The van der Waals surface area contributed by atoms with E-state index in [9.17, 15) is 0 Å². The molecule has 38 valence electrons. The average Bonchev–Trinajstić information content (AvgIpc) is 1.87. The summed E-state index contributed by atoms with van der Waals surface area (Å²) in [5, 5.41) is 0. The van der Waals surface area contributed by atoms with E-state index in [1.165, 1.54) is 11.5 Å². The molecule has 0 radical (unpaired) electrons. The molecule has 0 aliphatic rings. The van der Waals surface area contributed by atoms with Gasteiger partial charge in [0, 0.05) is 0 Å². The van der Waals surface area contributed by atoms with Crippen molar-refractivity contribution >= 4 is 36.4 Å². The monoisotopic (exact) mass is 227 g/mol. The maximum Gasteiger partial charge on any atom is 1.00 e. The summed E-state index contributed by atoms with van der Waals surface area (Å²) in [6, 6.07) is 0. The van der Waals surface area contributed by atoms with Gasteiger partial charge in [-0.1, -0.05) is 0 Å². The number of hydrogen-bond acceptors (Lipinski definition) is 4. The maximum atomic E-state index is 4.64. The number of rotatable bonds is 0. The second-order valence-corrected chi connectivity index (χ2v) is 2.71. The first-order chi connectivity index (χ1) is 3.29. The molecular weight excluding hydrogens is 226 g/mol. The van der Waals surface area contributed by atoms with E-state index in [1.807, 2.05) is 0 Å². The fraction of sp³-hybridized carbons (Fsp3) is 0. The second kappa shape index (κ2) is 7.90. The van der Waals surface area contributed by atoms with E-state index in [1.54, 1.807) is 0 Å². The molecule has 0 spiro atoms. The Hall–Kier alpha value is 3.27. The fourth-order valence-electron chi connectivity index (χ4n) is 0.216. The topological polar surface area (TPSA) is 28.7 Å². The van der Waals surface area contributed by atoms with Crippen molar-refractivity contribution in [3.05, 3.63) is 4.77 Å². The molecule has 2 nitrogen and oxygen atoms in total. The molecule has 0 bridgehead atoms. The van der Waals surface area contributed by atoms with Gasteiger partial charge >= 0.3 is 103 Å². The summed E-state index contributed by atoms with van der Waals surface area (Å²) in [4.78, 5) is 3.70. The SMILES string of the molecule is S=c1nc([S-])s[nH]1.[K+].[K+]. The molecule has 0 saturated carbocycles. The Bertz CT molecular complexity index is 206. The standard InChI is InChI=1S/C2H2N2S3.2K/c5-1-3-2(6)7-4-1;;/h(H2,3,4,5,6);;/q;2*+1/p-1. The van der Waals surface area contributed by atoms with Crippen LogP contribution in [-0.4, -0.2) is 9.36 Å². The van der Waals surface area contributed by atoms with Gasteiger partial charge in [-0.2, -0.15) is 0 Å². The Morgan fingerprint density at radius 1 is 1.56 bits per heavy atom. The predicted molar refractivity (Wildman–Crippen MR) is 32.9 cm³/mol. The van der Waals surface area contributed by atoms with E-state index < -0.39 is 0 Å². The third-order valence-electron chi connectivity index (χ3n) is 0.418. The van der Waals surface area contributed by atoms with Crippen LogP contribution in [0.1, 0.15) is 0 Å². The number of aromatic nitrogens is 2. The maximum absolute atomic E-state index is 4.64. The molecule has 0 amide bonds. The summed E-state index contributed by atoms with van der Waals surface area (Å²) >= 11 is 10.5. The van der Waals surface area contributed by atoms with Gasteiger partial charge in [-0.15, -0.1) is 0 Å². The van der Waals surface area contributed by atoms with Crippen molar-refractivity contribution in [3.8, 4) is 0 Å². The first-order valence-corrected chi connectivity index (χ1v) is 3.15. The van der Waals surface area contributed by atoms with E-state index in [0.29, 0.717) is 9.11 Å². The summed E-state index contributed by atoms with van der Waals surface area (Å²) in [6.45, 7) is 0. The zero-order valence-electron chi connectivity index (χ0n) is 5.17. The Kier molecular flexibility index (Phi) is 13.0. The van der Waals surface area contributed by atoms with E-state index >= 15 is 0 Å². The van der Waals surface area contributed by atoms with Crippen LogP contribution in [0.2, 0.25) is 0 Å². The third-order valence-corrected chi connectivity index (χ3v) is 1.64. The summed E-state index contributed by atoms with van der Waals surface area (Å²) in [5.41, 5.74) is 0. The van der Waals surface area contributed by atoms with Gasteiger partial charge in [0.25, 0.3) is 0 Å². The van der Waals surface area contributed by atoms with Crippen LogP contribution in [0.25, 0.3) is 0 Å². The molecule has 0 atom stereocenters. The molecule has 0 saturated heterocycles. The molecule has 7 heteroatoms. The number of nitrogens with zero attached hydrogens (tertiary/aromatic N) is 1. The van der Waals surface area contributed by atoms with Crippen LogP contribution in [0.3, 0.4) is 0 Å². The number of hydrogen-bond donors (Lipinski definition) is 1. The van der Waals surface area contributed by atoms with Crippen LogP contribution < -0.4 is 103 Å². The van der Waals surface area contributed by atoms with Gasteiger partial charge < -0.3 is 17.0 Å². The van der Waals surface area contributed by atoms with E-state index in [-0.39, 0.29) is 103 Å². The smallest absolute Gasteiger partial charge is 0.407 e. The summed E-state index contributed by atoms with van der Waals surface area (Å²) in [5.74, 6) is 0. The van der Waals surface area contributed by atoms with E-state index in [4.69, 9.17) is 0 Å².